The Morgan fingerprint density at radius 3 is 2.62 bits per heavy atom. The van der Waals surface area contributed by atoms with Crippen LogP contribution in [0.1, 0.15) is 16.7 Å². The lowest BCUT2D eigenvalue weighted by atomic mass is 10.2. The maximum atomic E-state index is 13.7. The highest BCUT2D eigenvalue weighted by Crippen LogP contribution is 2.25. The minimum absolute atomic E-state index is 0.142. The zero-order chi connectivity index (χ0) is 18.9. The molecule has 5 nitrogen and oxygen atoms in total. The van der Waals surface area contributed by atoms with E-state index in [-0.39, 0.29) is 23.1 Å². The third-order valence-corrected chi connectivity index (χ3v) is 5.82. The summed E-state index contributed by atoms with van der Waals surface area (Å²) in [7, 11) is -3.81. The molecule has 0 aliphatic heterocycles. The van der Waals surface area contributed by atoms with Crippen molar-refractivity contribution in [3.05, 3.63) is 76.2 Å². The van der Waals surface area contributed by atoms with Gasteiger partial charge in [0.05, 0.1) is 11.4 Å². The molecule has 0 spiro atoms. The van der Waals surface area contributed by atoms with Gasteiger partial charge in [0.15, 0.2) is 5.82 Å². The van der Waals surface area contributed by atoms with Gasteiger partial charge in [-0.1, -0.05) is 29.8 Å². The maximum Gasteiger partial charge on any atom is 0.263 e. The van der Waals surface area contributed by atoms with Gasteiger partial charge in [0, 0.05) is 22.8 Å². The number of anilines is 1. The summed E-state index contributed by atoms with van der Waals surface area (Å²) in [6.07, 6.45) is 1.59. The fourth-order valence-corrected chi connectivity index (χ4v) is 4.07. The number of hydrogen-bond acceptors (Lipinski definition) is 3. The molecule has 1 heterocycles. The van der Waals surface area contributed by atoms with Crippen LogP contribution in [0, 0.1) is 19.7 Å². The van der Waals surface area contributed by atoms with Gasteiger partial charge in [-0.15, -0.1) is 0 Å². The number of nitrogens with zero attached hydrogens (tertiary/aromatic N) is 2. The van der Waals surface area contributed by atoms with Crippen LogP contribution < -0.4 is 4.72 Å². The van der Waals surface area contributed by atoms with E-state index in [1.54, 1.807) is 44.3 Å². The number of rotatable bonds is 5. The molecule has 0 saturated heterocycles. The molecule has 1 aromatic heterocycles. The average Bonchev–Trinajstić information content (AvgIpc) is 2.99. The van der Waals surface area contributed by atoms with E-state index in [1.807, 2.05) is 0 Å². The highest BCUT2D eigenvalue weighted by atomic mass is 35.5. The van der Waals surface area contributed by atoms with Crippen molar-refractivity contribution in [3.8, 4) is 0 Å². The summed E-state index contributed by atoms with van der Waals surface area (Å²) in [5, 5.41) is 4.67. The monoisotopic (exact) mass is 393 g/mol. The molecule has 0 atom stereocenters. The van der Waals surface area contributed by atoms with Crippen molar-refractivity contribution in [1.29, 1.82) is 0 Å². The number of aryl methyl sites for hydroxylation is 2. The van der Waals surface area contributed by atoms with Crippen molar-refractivity contribution in [1.82, 2.24) is 9.78 Å². The van der Waals surface area contributed by atoms with E-state index in [2.05, 4.69) is 9.82 Å². The second kappa shape index (κ2) is 7.09. The van der Waals surface area contributed by atoms with E-state index in [1.165, 1.54) is 22.9 Å². The fourth-order valence-electron chi connectivity index (χ4n) is 2.54. The quantitative estimate of drug-likeness (QED) is 0.708. The predicted molar refractivity (Wildman–Crippen MR) is 99.5 cm³/mol. The molecule has 3 rings (SSSR count). The summed E-state index contributed by atoms with van der Waals surface area (Å²) in [6.45, 7) is 3.62. The molecule has 8 heteroatoms. The molecule has 0 unspecified atom stereocenters. The summed E-state index contributed by atoms with van der Waals surface area (Å²) in [4.78, 5) is 0.142. The number of benzene rings is 2. The molecule has 0 saturated carbocycles. The molecule has 0 radical (unpaired) electrons. The first-order valence-corrected chi connectivity index (χ1v) is 9.69. The van der Waals surface area contributed by atoms with E-state index >= 15 is 0 Å². The van der Waals surface area contributed by atoms with Crippen LogP contribution in [-0.4, -0.2) is 18.2 Å². The summed E-state index contributed by atoms with van der Waals surface area (Å²) < 4.78 is 42.9. The minimum Gasteiger partial charge on any atom is -0.266 e. The Morgan fingerprint density at radius 2 is 1.88 bits per heavy atom. The smallest absolute Gasteiger partial charge is 0.263 e. The van der Waals surface area contributed by atoms with E-state index in [0.29, 0.717) is 21.7 Å². The molecular formula is C18H17ClFN3O2S. The van der Waals surface area contributed by atoms with Crippen LogP contribution in [0.3, 0.4) is 0 Å². The van der Waals surface area contributed by atoms with Crippen molar-refractivity contribution in [2.75, 3.05) is 4.72 Å². The standard InChI is InChI=1S/C18H17ClFN3O2S/c1-12-10-17(13(2)9-15(12)19)26(24,25)22-18-7-8-23(21-18)11-14-5-3-4-6-16(14)20/h3-10H,11H2,1-2H3,(H,21,22). The van der Waals surface area contributed by atoms with Crippen molar-refractivity contribution < 1.29 is 12.8 Å². The number of halogens is 2. The third kappa shape index (κ3) is 3.89. The Morgan fingerprint density at radius 1 is 1.15 bits per heavy atom. The zero-order valence-corrected chi connectivity index (χ0v) is 15.8. The fraction of sp³-hybridized carbons (Fsp3) is 0.167. The van der Waals surface area contributed by atoms with Gasteiger partial charge in [-0.05, 0) is 43.2 Å². The maximum absolute atomic E-state index is 13.7. The molecule has 0 bridgehead atoms. The van der Waals surface area contributed by atoms with Crippen molar-refractivity contribution in [2.45, 2.75) is 25.3 Å². The second-order valence-electron chi connectivity index (χ2n) is 5.96. The van der Waals surface area contributed by atoms with Gasteiger partial charge < -0.3 is 0 Å². The Balaban J connectivity index is 1.82. The first kappa shape index (κ1) is 18.4. The van der Waals surface area contributed by atoms with Gasteiger partial charge >= 0.3 is 0 Å². The number of hydrogen-bond donors (Lipinski definition) is 1. The Hall–Kier alpha value is -2.38. The third-order valence-electron chi connectivity index (χ3n) is 3.92. The Labute approximate surface area is 156 Å². The van der Waals surface area contributed by atoms with Crippen LogP contribution in [0.15, 0.2) is 53.6 Å². The first-order chi connectivity index (χ1) is 12.3. The molecule has 3 aromatic rings. The van der Waals surface area contributed by atoms with Gasteiger partial charge in [-0.25, -0.2) is 12.8 Å². The van der Waals surface area contributed by atoms with Crippen molar-refractivity contribution in [2.24, 2.45) is 0 Å². The molecule has 0 amide bonds. The van der Waals surface area contributed by atoms with Gasteiger partial charge in [0.1, 0.15) is 5.82 Å². The van der Waals surface area contributed by atoms with Gasteiger partial charge in [0.2, 0.25) is 0 Å². The molecule has 0 fully saturated rings. The molecule has 136 valence electrons. The van der Waals surface area contributed by atoms with Gasteiger partial charge in [-0.3, -0.25) is 9.40 Å². The van der Waals surface area contributed by atoms with E-state index in [9.17, 15) is 12.8 Å². The first-order valence-electron chi connectivity index (χ1n) is 7.83. The van der Waals surface area contributed by atoms with Crippen LogP contribution >= 0.6 is 11.6 Å². The molecule has 0 aliphatic rings. The summed E-state index contributed by atoms with van der Waals surface area (Å²) in [5.74, 6) is -0.175. The number of aromatic nitrogens is 2. The highest BCUT2D eigenvalue weighted by Gasteiger charge is 2.19. The summed E-state index contributed by atoms with van der Waals surface area (Å²) in [5.41, 5.74) is 1.68. The molecular weight excluding hydrogens is 377 g/mol. The number of nitrogens with one attached hydrogen (secondary N) is 1. The summed E-state index contributed by atoms with van der Waals surface area (Å²) in [6, 6.07) is 11.0. The zero-order valence-electron chi connectivity index (χ0n) is 14.2. The van der Waals surface area contributed by atoms with Crippen LogP contribution in [-0.2, 0) is 16.6 Å². The topological polar surface area (TPSA) is 64.0 Å². The van der Waals surface area contributed by atoms with Crippen molar-refractivity contribution >= 4 is 27.4 Å². The highest BCUT2D eigenvalue weighted by molar-refractivity contribution is 7.92. The normalized spacial score (nSPS) is 11.5. The SMILES string of the molecule is Cc1cc(S(=O)(=O)Nc2ccn(Cc3ccccc3F)n2)c(C)cc1Cl. The molecule has 0 aliphatic carbocycles. The summed E-state index contributed by atoms with van der Waals surface area (Å²) >= 11 is 6.03. The lowest BCUT2D eigenvalue weighted by Gasteiger charge is -2.10. The van der Waals surface area contributed by atoms with E-state index in [4.69, 9.17) is 11.6 Å². The second-order valence-corrected chi connectivity index (χ2v) is 8.02. The van der Waals surface area contributed by atoms with Crippen LogP contribution in [0.25, 0.3) is 0 Å². The number of sulfonamides is 1. The molecule has 2 aromatic carbocycles. The van der Waals surface area contributed by atoms with Crippen LogP contribution in [0.5, 0.6) is 0 Å². The predicted octanol–water partition coefficient (Wildman–Crippen LogP) is 4.14. The van der Waals surface area contributed by atoms with E-state index in [0.717, 1.165) is 0 Å². The largest absolute Gasteiger partial charge is 0.266 e. The lowest BCUT2D eigenvalue weighted by molar-refractivity contribution is 0.585. The molecule has 1 N–H and O–H groups in total. The molecule has 26 heavy (non-hydrogen) atoms. The van der Waals surface area contributed by atoms with Gasteiger partial charge in [0.25, 0.3) is 10.0 Å². The average molecular weight is 394 g/mol. The Bertz CT molecular complexity index is 1060. The van der Waals surface area contributed by atoms with Crippen LogP contribution in [0.2, 0.25) is 5.02 Å². The lowest BCUT2D eigenvalue weighted by Crippen LogP contribution is -2.15. The van der Waals surface area contributed by atoms with E-state index < -0.39 is 10.0 Å². The minimum atomic E-state index is -3.81. The Kier molecular flexibility index (Phi) is 5.02. The van der Waals surface area contributed by atoms with Gasteiger partial charge in [-0.2, -0.15) is 5.10 Å². The van der Waals surface area contributed by atoms with Crippen molar-refractivity contribution in [3.63, 3.8) is 0 Å². The van der Waals surface area contributed by atoms with Crippen LogP contribution in [0.4, 0.5) is 10.2 Å².